The summed E-state index contributed by atoms with van der Waals surface area (Å²) in [6, 6.07) is 4.19. The topological polar surface area (TPSA) is 87.2 Å². The van der Waals surface area contributed by atoms with E-state index in [2.05, 4.69) is 20.6 Å². The molecule has 1 saturated heterocycles. The Morgan fingerprint density at radius 2 is 2.04 bits per heavy atom. The first kappa shape index (κ1) is 17.6. The van der Waals surface area contributed by atoms with Crippen LogP contribution in [-0.4, -0.2) is 45.4 Å². The third-order valence-electron chi connectivity index (χ3n) is 5.40. The van der Waals surface area contributed by atoms with Crippen LogP contribution in [0.15, 0.2) is 24.5 Å². The van der Waals surface area contributed by atoms with Gasteiger partial charge in [0.05, 0.1) is 5.52 Å². The van der Waals surface area contributed by atoms with Crippen molar-refractivity contribution in [1.82, 2.24) is 20.2 Å². The van der Waals surface area contributed by atoms with Gasteiger partial charge in [0.25, 0.3) is 5.91 Å². The van der Waals surface area contributed by atoms with E-state index in [9.17, 15) is 14.0 Å². The van der Waals surface area contributed by atoms with Gasteiger partial charge in [0, 0.05) is 24.5 Å². The van der Waals surface area contributed by atoms with Crippen LogP contribution in [0.4, 0.5) is 15.0 Å². The summed E-state index contributed by atoms with van der Waals surface area (Å²) in [5.41, 5.74) is -0.0254. The molecular formula is C19H22FN5O2. The summed E-state index contributed by atoms with van der Waals surface area (Å²) in [5, 5.41) is 6.88. The Hall–Kier alpha value is -2.77. The summed E-state index contributed by atoms with van der Waals surface area (Å²) in [5.74, 6) is 0.300. The van der Waals surface area contributed by atoms with Crippen LogP contribution in [0.2, 0.25) is 0 Å². The van der Waals surface area contributed by atoms with Crippen molar-refractivity contribution in [3.63, 3.8) is 0 Å². The van der Waals surface area contributed by atoms with Gasteiger partial charge in [0.2, 0.25) is 0 Å². The summed E-state index contributed by atoms with van der Waals surface area (Å²) in [6.45, 7) is 1.16. The van der Waals surface area contributed by atoms with Gasteiger partial charge in [-0.3, -0.25) is 9.69 Å². The number of anilines is 1. The van der Waals surface area contributed by atoms with Crippen LogP contribution in [-0.2, 0) is 4.79 Å². The maximum Gasteiger partial charge on any atom is 0.325 e. The Balaban J connectivity index is 1.22. The molecule has 2 aromatic rings. The zero-order chi connectivity index (χ0) is 18.9. The summed E-state index contributed by atoms with van der Waals surface area (Å²) < 4.78 is 13.3. The fraction of sp³-hybridized carbons (Fsp3) is 0.474. The molecule has 2 heterocycles. The van der Waals surface area contributed by atoms with Gasteiger partial charge < -0.3 is 10.6 Å². The fourth-order valence-corrected chi connectivity index (χ4v) is 3.70. The van der Waals surface area contributed by atoms with E-state index in [1.807, 2.05) is 0 Å². The number of imide groups is 1. The van der Waals surface area contributed by atoms with E-state index in [0.29, 0.717) is 24.4 Å². The molecule has 3 amide bonds. The summed E-state index contributed by atoms with van der Waals surface area (Å²) in [7, 11) is 0. The SMILES string of the molecule is O=C1NC2(CCC2)C(=O)N1CCCCCNc1ncnc2cc(F)ccc12. The van der Waals surface area contributed by atoms with Crippen LogP contribution in [0.5, 0.6) is 0 Å². The molecule has 1 saturated carbocycles. The molecule has 4 rings (SSSR count). The molecule has 7 nitrogen and oxygen atoms in total. The van der Waals surface area contributed by atoms with Gasteiger partial charge in [-0.05, 0) is 50.7 Å². The minimum atomic E-state index is -0.591. The monoisotopic (exact) mass is 371 g/mol. The maximum absolute atomic E-state index is 13.3. The van der Waals surface area contributed by atoms with Gasteiger partial charge in [0.1, 0.15) is 23.5 Å². The van der Waals surface area contributed by atoms with Crippen molar-refractivity contribution in [2.75, 3.05) is 18.4 Å². The molecular weight excluding hydrogens is 349 g/mol. The van der Waals surface area contributed by atoms with Gasteiger partial charge >= 0.3 is 6.03 Å². The number of nitrogens with one attached hydrogen (secondary N) is 2. The third-order valence-corrected chi connectivity index (χ3v) is 5.40. The lowest BCUT2D eigenvalue weighted by Gasteiger charge is -2.34. The minimum absolute atomic E-state index is 0.0587. The van der Waals surface area contributed by atoms with E-state index >= 15 is 0 Å². The number of unbranched alkanes of at least 4 members (excludes halogenated alkanes) is 2. The average Bonchev–Trinajstić information content (AvgIpc) is 2.88. The number of fused-ring (bicyclic) bond motifs is 1. The Kier molecular flexibility index (Phi) is 4.63. The van der Waals surface area contributed by atoms with E-state index in [-0.39, 0.29) is 17.8 Å². The number of amides is 3. The Morgan fingerprint density at radius 1 is 1.19 bits per heavy atom. The molecule has 2 aliphatic rings. The van der Waals surface area contributed by atoms with Crippen molar-refractivity contribution >= 4 is 28.7 Å². The van der Waals surface area contributed by atoms with Gasteiger partial charge in [-0.25, -0.2) is 19.2 Å². The van der Waals surface area contributed by atoms with Crippen LogP contribution < -0.4 is 10.6 Å². The summed E-state index contributed by atoms with van der Waals surface area (Å²) in [4.78, 5) is 34.0. The van der Waals surface area contributed by atoms with Crippen molar-refractivity contribution in [3.05, 3.63) is 30.3 Å². The molecule has 1 aromatic carbocycles. The summed E-state index contributed by atoms with van der Waals surface area (Å²) in [6.07, 6.45) is 6.46. The van der Waals surface area contributed by atoms with Crippen LogP contribution >= 0.6 is 0 Å². The Labute approximate surface area is 156 Å². The standard InChI is InChI=1S/C19H22FN5O2/c20-13-5-6-14-15(11-13)22-12-23-16(14)21-9-2-1-3-10-25-17(26)19(7-4-8-19)24-18(25)27/h5-6,11-12H,1-4,7-10H2,(H,24,27)(H,21,22,23). The first-order valence-electron chi connectivity index (χ1n) is 9.37. The number of halogens is 1. The number of nitrogens with zero attached hydrogens (tertiary/aromatic N) is 3. The second-order valence-electron chi connectivity index (χ2n) is 7.19. The van der Waals surface area contributed by atoms with Crippen LogP contribution in [0, 0.1) is 5.82 Å². The number of rotatable bonds is 7. The van der Waals surface area contributed by atoms with E-state index in [0.717, 1.165) is 43.9 Å². The largest absolute Gasteiger partial charge is 0.369 e. The van der Waals surface area contributed by atoms with Gasteiger partial charge in [-0.15, -0.1) is 0 Å². The highest BCUT2D eigenvalue weighted by Crippen LogP contribution is 2.37. The van der Waals surface area contributed by atoms with Gasteiger partial charge in [-0.1, -0.05) is 0 Å². The normalized spacial score (nSPS) is 18.0. The second-order valence-corrected chi connectivity index (χ2v) is 7.19. The van der Waals surface area contributed by atoms with Gasteiger partial charge in [0.15, 0.2) is 0 Å². The molecule has 0 unspecified atom stereocenters. The zero-order valence-corrected chi connectivity index (χ0v) is 15.0. The number of hydrogen-bond acceptors (Lipinski definition) is 5. The first-order chi connectivity index (χ1) is 13.1. The molecule has 1 aromatic heterocycles. The number of hydrogen-bond donors (Lipinski definition) is 2. The quantitative estimate of drug-likeness (QED) is 0.577. The van der Waals surface area contributed by atoms with Crippen molar-refractivity contribution in [1.29, 1.82) is 0 Å². The highest BCUT2D eigenvalue weighted by atomic mass is 19.1. The summed E-state index contributed by atoms with van der Waals surface area (Å²) >= 11 is 0. The molecule has 142 valence electrons. The Morgan fingerprint density at radius 3 is 2.78 bits per heavy atom. The van der Waals surface area contributed by atoms with E-state index < -0.39 is 5.54 Å². The molecule has 1 spiro atoms. The predicted molar refractivity (Wildman–Crippen MR) is 98.7 cm³/mol. The molecule has 0 bridgehead atoms. The highest BCUT2D eigenvalue weighted by Gasteiger charge is 2.54. The number of aromatic nitrogens is 2. The van der Waals surface area contributed by atoms with Crippen molar-refractivity contribution in [2.45, 2.75) is 44.1 Å². The zero-order valence-electron chi connectivity index (χ0n) is 15.0. The Bertz CT molecular complexity index is 884. The average molecular weight is 371 g/mol. The number of carbonyl (C=O) groups excluding carboxylic acids is 2. The van der Waals surface area contributed by atoms with Crippen LogP contribution in [0.1, 0.15) is 38.5 Å². The molecule has 2 fully saturated rings. The second kappa shape index (κ2) is 7.09. The fourth-order valence-electron chi connectivity index (χ4n) is 3.70. The maximum atomic E-state index is 13.3. The van der Waals surface area contributed by atoms with Gasteiger partial charge in [-0.2, -0.15) is 0 Å². The van der Waals surface area contributed by atoms with Crippen LogP contribution in [0.3, 0.4) is 0 Å². The van der Waals surface area contributed by atoms with Crippen molar-refractivity contribution in [2.24, 2.45) is 0 Å². The molecule has 0 atom stereocenters. The van der Waals surface area contributed by atoms with E-state index in [1.54, 1.807) is 6.07 Å². The lowest BCUT2D eigenvalue weighted by atomic mass is 9.77. The number of benzene rings is 1. The smallest absolute Gasteiger partial charge is 0.325 e. The molecule has 2 N–H and O–H groups in total. The van der Waals surface area contributed by atoms with E-state index in [1.165, 1.54) is 23.4 Å². The molecule has 27 heavy (non-hydrogen) atoms. The first-order valence-corrected chi connectivity index (χ1v) is 9.37. The van der Waals surface area contributed by atoms with Crippen molar-refractivity contribution in [3.8, 4) is 0 Å². The molecule has 1 aliphatic heterocycles. The van der Waals surface area contributed by atoms with Crippen LogP contribution in [0.25, 0.3) is 10.9 Å². The predicted octanol–water partition coefficient (Wildman–Crippen LogP) is 2.83. The molecule has 1 aliphatic carbocycles. The lowest BCUT2D eigenvalue weighted by Crippen LogP contribution is -2.52. The van der Waals surface area contributed by atoms with E-state index in [4.69, 9.17) is 0 Å². The molecule has 8 heteroatoms. The third kappa shape index (κ3) is 3.31. The minimum Gasteiger partial charge on any atom is -0.369 e. The van der Waals surface area contributed by atoms with Crippen molar-refractivity contribution < 1.29 is 14.0 Å². The molecule has 0 radical (unpaired) electrons. The lowest BCUT2D eigenvalue weighted by molar-refractivity contribution is -0.134. The highest BCUT2D eigenvalue weighted by molar-refractivity contribution is 6.07. The number of carbonyl (C=O) groups is 2. The number of urea groups is 1.